The largest absolute Gasteiger partial charge is 0.0683 e. The second kappa shape index (κ2) is 5.57. The van der Waals surface area contributed by atoms with E-state index >= 15 is 0 Å². The summed E-state index contributed by atoms with van der Waals surface area (Å²) in [5.41, 5.74) is 1.31. The van der Waals surface area contributed by atoms with E-state index in [2.05, 4.69) is 73.7 Å². The molecule has 0 spiro atoms. The van der Waals surface area contributed by atoms with Gasteiger partial charge < -0.3 is 0 Å². The van der Waals surface area contributed by atoms with Crippen LogP contribution in [0.2, 0.25) is 0 Å². The average molecular weight is 272 g/mol. The molecule has 0 heteroatoms. The molecule has 0 saturated heterocycles. The lowest BCUT2D eigenvalue weighted by Gasteiger charge is -2.10. The van der Waals surface area contributed by atoms with Crippen molar-refractivity contribution in [1.82, 2.24) is 0 Å². The molecule has 0 aliphatic heterocycles. The maximum atomic E-state index is 2.30. The second-order valence-corrected chi connectivity index (χ2v) is 5.14. The molecule has 4 aromatic rings. The van der Waals surface area contributed by atoms with Crippen LogP contribution in [0.4, 0.5) is 0 Å². The van der Waals surface area contributed by atoms with Crippen molar-refractivity contribution in [2.75, 3.05) is 0 Å². The third-order valence-electron chi connectivity index (χ3n) is 3.90. The van der Waals surface area contributed by atoms with Crippen molar-refractivity contribution in [3.05, 3.63) is 72.3 Å². The Morgan fingerprint density at radius 3 is 1.33 bits per heavy atom. The van der Waals surface area contributed by atoms with Crippen molar-refractivity contribution in [2.45, 2.75) is 20.8 Å². The maximum absolute atomic E-state index is 2.30. The van der Waals surface area contributed by atoms with E-state index in [0.29, 0.717) is 0 Å². The normalized spacial score (nSPS) is 10.6. The summed E-state index contributed by atoms with van der Waals surface area (Å²) in [6.07, 6.45) is 0. The van der Waals surface area contributed by atoms with E-state index in [4.69, 9.17) is 0 Å². The van der Waals surface area contributed by atoms with Crippen molar-refractivity contribution in [2.24, 2.45) is 0 Å². The summed E-state index contributed by atoms with van der Waals surface area (Å²) in [4.78, 5) is 0. The van der Waals surface area contributed by atoms with Gasteiger partial charge in [-0.1, -0.05) is 86.1 Å². The topological polar surface area (TPSA) is 0 Å². The van der Waals surface area contributed by atoms with Crippen LogP contribution in [-0.4, -0.2) is 0 Å². The molecular weight excluding hydrogens is 252 g/mol. The van der Waals surface area contributed by atoms with Gasteiger partial charge in [0.2, 0.25) is 0 Å². The van der Waals surface area contributed by atoms with Crippen molar-refractivity contribution < 1.29 is 0 Å². The third-order valence-corrected chi connectivity index (χ3v) is 3.90. The summed E-state index contributed by atoms with van der Waals surface area (Å²) in [6, 6.07) is 24.1. The molecule has 21 heavy (non-hydrogen) atoms. The van der Waals surface area contributed by atoms with E-state index in [1.807, 2.05) is 13.8 Å². The fourth-order valence-electron chi connectivity index (χ4n) is 3.02. The molecule has 0 saturated carbocycles. The summed E-state index contributed by atoms with van der Waals surface area (Å²) in [7, 11) is 0. The first-order valence-electron chi connectivity index (χ1n) is 7.64. The predicted octanol–water partition coefficient (Wildman–Crippen LogP) is 6.48. The predicted molar refractivity (Wildman–Crippen MR) is 95.0 cm³/mol. The van der Waals surface area contributed by atoms with E-state index in [-0.39, 0.29) is 0 Å². The van der Waals surface area contributed by atoms with Crippen LogP contribution >= 0.6 is 0 Å². The molecular formula is C21H20. The van der Waals surface area contributed by atoms with Gasteiger partial charge in [0.1, 0.15) is 0 Å². The Labute approximate surface area is 126 Å². The van der Waals surface area contributed by atoms with Crippen LogP contribution in [-0.2, 0) is 0 Å². The van der Waals surface area contributed by atoms with Gasteiger partial charge in [-0.15, -0.1) is 0 Å². The van der Waals surface area contributed by atoms with Gasteiger partial charge in [0.15, 0.2) is 0 Å². The summed E-state index contributed by atoms with van der Waals surface area (Å²) in [5.74, 6) is 0. The first kappa shape index (κ1) is 13.6. The van der Waals surface area contributed by atoms with Gasteiger partial charge in [-0.3, -0.25) is 0 Å². The average Bonchev–Trinajstić information content (AvgIpc) is 2.57. The van der Waals surface area contributed by atoms with Gasteiger partial charge in [0.05, 0.1) is 0 Å². The lowest BCUT2D eigenvalue weighted by atomic mass is 9.93. The second-order valence-electron chi connectivity index (χ2n) is 5.14. The lowest BCUT2D eigenvalue weighted by molar-refractivity contribution is 1.50. The SMILES string of the molecule is CC.Cc1ccc2c3ccccc3c3ccccc3c2c1. The molecule has 0 radical (unpaired) electrons. The van der Waals surface area contributed by atoms with Crippen molar-refractivity contribution >= 4 is 32.3 Å². The van der Waals surface area contributed by atoms with E-state index in [0.717, 1.165) is 0 Å². The number of hydrogen-bond donors (Lipinski definition) is 0. The van der Waals surface area contributed by atoms with Gasteiger partial charge in [-0.25, -0.2) is 0 Å². The molecule has 0 N–H and O–H groups in total. The highest BCUT2D eigenvalue weighted by Crippen LogP contribution is 2.34. The molecule has 4 aromatic carbocycles. The van der Waals surface area contributed by atoms with Crippen LogP contribution in [0.3, 0.4) is 0 Å². The molecule has 0 nitrogen and oxygen atoms in total. The van der Waals surface area contributed by atoms with Gasteiger partial charge in [0.25, 0.3) is 0 Å². The van der Waals surface area contributed by atoms with E-state index in [1.165, 1.54) is 37.9 Å². The van der Waals surface area contributed by atoms with Crippen LogP contribution in [0.15, 0.2) is 66.7 Å². The summed E-state index contributed by atoms with van der Waals surface area (Å²) >= 11 is 0. The Kier molecular flexibility index (Phi) is 3.62. The van der Waals surface area contributed by atoms with Crippen molar-refractivity contribution in [1.29, 1.82) is 0 Å². The highest BCUT2D eigenvalue weighted by atomic mass is 14.1. The zero-order valence-electron chi connectivity index (χ0n) is 12.9. The van der Waals surface area contributed by atoms with Crippen LogP contribution in [0, 0.1) is 6.92 Å². The smallest absolute Gasteiger partial charge is 0.00963 e. The molecule has 0 aliphatic rings. The van der Waals surface area contributed by atoms with E-state index < -0.39 is 0 Å². The summed E-state index contributed by atoms with van der Waals surface area (Å²) < 4.78 is 0. The van der Waals surface area contributed by atoms with E-state index in [9.17, 15) is 0 Å². The van der Waals surface area contributed by atoms with Gasteiger partial charge in [-0.2, -0.15) is 0 Å². The van der Waals surface area contributed by atoms with Crippen LogP contribution < -0.4 is 0 Å². The number of rotatable bonds is 0. The highest BCUT2D eigenvalue weighted by Gasteiger charge is 2.07. The molecule has 0 bridgehead atoms. The fraction of sp³-hybridized carbons (Fsp3) is 0.143. The Balaban J connectivity index is 0.000000636. The Morgan fingerprint density at radius 2 is 0.857 bits per heavy atom. The summed E-state index contributed by atoms with van der Waals surface area (Å²) in [5, 5.41) is 8.08. The number of hydrogen-bond acceptors (Lipinski definition) is 0. The monoisotopic (exact) mass is 272 g/mol. The minimum Gasteiger partial charge on any atom is -0.0683 e. The van der Waals surface area contributed by atoms with Gasteiger partial charge in [-0.05, 0) is 39.2 Å². The van der Waals surface area contributed by atoms with Crippen molar-refractivity contribution in [3.63, 3.8) is 0 Å². The fourth-order valence-corrected chi connectivity index (χ4v) is 3.02. The molecule has 0 atom stereocenters. The Morgan fingerprint density at radius 1 is 0.476 bits per heavy atom. The Bertz CT molecular complexity index is 881. The highest BCUT2D eigenvalue weighted by molar-refractivity contribution is 6.25. The van der Waals surface area contributed by atoms with Crippen LogP contribution in [0.1, 0.15) is 19.4 Å². The van der Waals surface area contributed by atoms with E-state index in [1.54, 1.807) is 0 Å². The molecule has 0 aliphatic carbocycles. The molecule has 0 aromatic heterocycles. The standard InChI is InChI=1S/C19H14.C2H6/c1-13-10-11-18-16-8-3-2-6-14(16)15-7-4-5-9-17(15)19(18)12-13;1-2/h2-12H,1H3;1-2H3. The minimum absolute atomic E-state index is 1.31. The molecule has 0 unspecified atom stereocenters. The number of fused-ring (bicyclic) bond motifs is 6. The lowest BCUT2D eigenvalue weighted by Crippen LogP contribution is -1.83. The summed E-state index contributed by atoms with van der Waals surface area (Å²) in [6.45, 7) is 6.16. The maximum Gasteiger partial charge on any atom is -0.00963 e. The third kappa shape index (κ3) is 2.17. The van der Waals surface area contributed by atoms with Crippen molar-refractivity contribution in [3.8, 4) is 0 Å². The first-order chi connectivity index (χ1) is 10.3. The zero-order valence-corrected chi connectivity index (χ0v) is 12.9. The quantitative estimate of drug-likeness (QED) is 0.321. The van der Waals surface area contributed by atoms with Crippen LogP contribution in [0.25, 0.3) is 32.3 Å². The molecule has 0 heterocycles. The number of benzene rings is 4. The molecule has 0 amide bonds. The van der Waals surface area contributed by atoms with Crippen LogP contribution in [0.5, 0.6) is 0 Å². The van der Waals surface area contributed by atoms with Gasteiger partial charge in [0, 0.05) is 0 Å². The molecule has 4 rings (SSSR count). The Hall–Kier alpha value is -2.34. The first-order valence-corrected chi connectivity index (χ1v) is 7.64. The minimum atomic E-state index is 1.31. The zero-order chi connectivity index (χ0) is 14.8. The molecule has 0 fully saturated rings. The molecule has 104 valence electrons. The number of aryl methyl sites for hydroxylation is 1. The van der Waals surface area contributed by atoms with Gasteiger partial charge >= 0.3 is 0 Å².